The normalized spacial score (nSPS) is 10.4. The number of aryl methyl sites for hydroxylation is 1. The number of nitrogens with one attached hydrogen (secondary N) is 2. The number of para-hydroxylation sites is 1. The molecule has 7 nitrogen and oxygen atoms in total. The van der Waals surface area contributed by atoms with Crippen molar-refractivity contribution >= 4 is 28.6 Å². The maximum absolute atomic E-state index is 13.5. The van der Waals surface area contributed by atoms with Crippen molar-refractivity contribution in [3.8, 4) is 5.75 Å². The summed E-state index contributed by atoms with van der Waals surface area (Å²) in [6, 6.07) is 10.9. The molecule has 3 aromatic rings. The molecule has 3 rings (SSSR count). The number of amides is 3. The van der Waals surface area contributed by atoms with Crippen LogP contribution in [-0.2, 0) is 4.79 Å². The van der Waals surface area contributed by atoms with Gasteiger partial charge >= 0.3 is 11.7 Å². The Kier molecular flexibility index (Phi) is 5.16. The third kappa shape index (κ3) is 4.49. The van der Waals surface area contributed by atoms with Crippen molar-refractivity contribution in [2.24, 2.45) is 0 Å². The van der Waals surface area contributed by atoms with Crippen LogP contribution in [0.15, 0.2) is 57.7 Å². The number of rotatable bonds is 4. The minimum Gasteiger partial charge on any atom is -0.484 e. The van der Waals surface area contributed by atoms with Crippen LogP contribution >= 0.6 is 0 Å². The molecule has 0 saturated heterocycles. The van der Waals surface area contributed by atoms with E-state index in [0.717, 1.165) is 10.9 Å². The Morgan fingerprint density at radius 2 is 1.93 bits per heavy atom. The van der Waals surface area contributed by atoms with Gasteiger partial charge in [0.2, 0.25) is 0 Å². The number of hydrogen-bond acceptors (Lipinski definition) is 5. The summed E-state index contributed by atoms with van der Waals surface area (Å²) < 4.78 is 23.9. The van der Waals surface area contributed by atoms with Gasteiger partial charge in [0, 0.05) is 17.5 Å². The largest absolute Gasteiger partial charge is 0.484 e. The third-order valence-electron chi connectivity index (χ3n) is 3.67. The molecular formula is C19H15FN2O5. The number of imide groups is 1. The van der Waals surface area contributed by atoms with E-state index in [0.29, 0.717) is 11.3 Å². The van der Waals surface area contributed by atoms with E-state index in [-0.39, 0.29) is 5.69 Å². The lowest BCUT2D eigenvalue weighted by Crippen LogP contribution is -2.37. The molecule has 2 aromatic carbocycles. The molecule has 0 aliphatic heterocycles. The third-order valence-corrected chi connectivity index (χ3v) is 3.67. The number of halogens is 1. The second-order valence-electron chi connectivity index (χ2n) is 5.68. The lowest BCUT2D eigenvalue weighted by molar-refractivity contribution is -0.121. The highest BCUT2D eigenvalue weighted by Crippen LogP contribution is 2.22. The lowest BCUT2D eigenvalue weighted by Gasteiger charge is -2.09. The summed E-state index contributed by atoms with van der Waals surface area (Å²) in [5, 5.41) is 5.00. The predicted molar refractivity (Wildman–Crippen MR) is 96.3 cm³/mol. The average Bonchev–Trinajstić information content (AvgIpc) is 2.61. The van der Waals surface area contributed by atoms with Gasteiger partial charge in [0.1, 0.15) is 17.1 Å². The number of benzene rings is 2. The summed E-state index contributed by atoms with van der Waals surface area (Å²) in [4.78, 5) is 35.0. The highest BCUT2D eigenvalue weighted by atomic mass is 19.1. The number of carbonyl (C=O) groups excluding carboxylic acids is 2. The molecule has 0 aliphatic carbocycles. The standard InChI is InChI=1S/C19H15FN2O5/c1-11-8-18(24)27-16-9-12(6-7-13(11)16)26-10-17(23)22-19(25)21-15-5-3-2-4-14(15)20/h2-9H,10H2,1H3,(H2,21,22,23,25). The number of urea groups is 1. The summed E-state index contributed by atoms with van der Waals surface area (Å²) in [6.07, 6.45) is 0. The molecule has 1 heterocycles. The summed E-state index contributed by atoms with van der Waals surface area (Å²) in [7, 11) is 0. The van der Waals surface area contributed by atoms with Crippen molar-refractivity contribution in [1.82, 2.24) is 5.32 Å². The second-order valence-corrected chi connectivity index (χ2v) is 5.68. The Labute approximate surface area is 152 Å². The molecule has 0 spiro atoms. The molecule has 0 radical (unpaired) electrons. The van der Waals surface area contributed by atoms with Crippen LogP contribution in [0.3, 0.4) is 0 Å². The van der Waals surface area contributed by atoms with E-state index >= 15 is 0 Å². The maximum atomic E-state index is 13.5. The van der Waals surface area contributed by atoms with Gasteiger partial charge in [-0.15, -0.1) is 0 Å². The number of carbonyl (C=O) groups is 2. The van der Waals surface area contributed by atoms with Crippen LogP contribution in [0.25, 0.3) is 11.0 Å². The first-order valence-electron chi connectivity index (χ1n) is 7.95. The van der Waals surface area contributed by atoms with Crippen LogP contribution < -0.4 is 21.0 Å². The molecule has 27 heavy (non-hydrogen) atoms. The highest BCUT2D eigenvalue weighted by molar-refractivity contribution is 6.01. The first-order valence-corrected chi connectivity index (χ1v) is 7.95. The van der Waals surface area contributed by atoms with Gasteiger partial charge in [-0.3, -0.25) is 10.1 Å². The SMILES string of the molecule is Cc1cc(=O)oc2cc(OCC(=O)NC(=O)Nc3ccccc3F)ccc12. The van der Waals surface area contributed by atoms with Crippen molar-refractivity contribution in [3.05, 3.63) is 70.3 Å². The Hall–Kier alpha value is -3.68. The van der Waals surface area contributed by atoms with E-state index < -0.39 is 30.0 Å². The van der Waals surface area contributed by atoms with Gasteiger partial charge in [0.15, 0.2) is 6.61 Å². The zero-order valence-electron chi connectivity index (χ0n) is 14.2. The Bertz CT molecular complexity index is 1080. The average molecular weight is 370 g/mol. The Morgan fingerprint density at radius 3 is 2.70 bits per heavy atom. The number of ether oxygens (including phenoxy) is 1. The van der Waals surface area contributed by atoms with Gasteiger partial charge in [0.25, 0.3) is 5.91 Å². The maximum Gasteiger partial charge on any atom is 0.336 e. The molecule has 3 amide bonds. The van der Waals surface area contributed by atoms with Crippen molar-refractivity contribution < 1.29 is 23.1 Å². The van der Waals surface area contributed by atoms with E-state index in [1.54, 1.807) is 25.1 Å². The van der Waals surface area contributed by atoms with Gasteiger partial charge in [-0.1, -0.05) is 12.1 Å². The molecule has 0 fully saturated rings. The molecule has 0 unspecified atom stereocenters. The summed E-state index contributed by atoms with van der Waals surface area (Å²) in [6.45, 7) is 1.33. The van der Waals surface area contributed by atoms with Crippen molar-refractivity contribution in [2.75, 3.05) is 11.9 Å². The molecule has 0 bridgehead atoms. The van der Waals surface area contributed by atoms with Crippen molar-refractivity contribution in [1.29, 1.82) is 0 Å². The quantitative estimate of drug-likeness (QED) is 0.688. The highest BCUT2D eigenvalue weighted by Gasteiger charge is 2.11. The van der Waals surface area contributed by atoms with Crippen LogP contribution in [0.5, 0.6) is 5.75 Å². The van der Waals surface area contributed by atoms with Gasteiger partial charge in [-0.25, -0.2) is 14.0 Å². The van der Waals surface area contributed by atoms with Gasteiger partial charge < -0.3 is 14.5 Å². The molecule has 1 aromatic heterocycles. The smallest absolute Gasteiger partial charge is 0.336 e. The van der Waals surface area contributed by atoms with Gasteiger partial charge in [0.05, 0.1) is 5.69 Å². The molecule has 138 valence electrons. The second kappa shape index (κ2) is 7.69. The van der Waals surface area contributed by atoms with Crippen LogP contribution in [-0.4, -0.2) is 18.5 Å². The Morgan fingerprint density at radius 1 is 1.15 bits per heavy atom. The van der Waals surface area contributed by atoms with E-state index in [2.05, 4.69) is 5.32 Å². The molecule has 0 aliphatic rings. The molecule has 0 saturated carbocycles. The molecule has 2 N–H and O–H groups in total. The number of hydrogen-bond donors (Lipinski definition) is 2. The van der Waals surface area contributed by atoms with Gasteiger partial charge in [-0.05, 0) is 36.8 Å². The topological polar surface area (TPSA) is 97.6 Å². The first kappa shape index (κ1) is 18.1. The monoisotopic (exact) mass is 370 g/mol. The Balaban J connectivity index is 1.59. The molecule has 0 atom stereocenters. The van der Waals surface area contributed by atoms with Crippen LogP contribution in [0.2, 0.25) is 0 Å². The van der Waals surface area contributed by atoms with Gasteiger partial charge in [-0.2, -0.15) is 0 Å². The van der Waals surface area contributed by atoms with Crippen LogP contribution in [0.1, 0.15) is 5.56 Å². The summed E-state index contributed by atoms with van der Waals surface area (Å²) >= 11 is 0. The lowest BCUT2D eigenvalue weighted by atomic mass is 10.1. The van der Waals surface area contributed by atoms with E-state index in [4.69, 9.17) is 9.15 Å². The van der Waals surface area contributed by atoms with Crippen LogP contribution in [0, 0.1) is 12.7 Å². The van der Waals surface area contributed by atoms with E-state index in [1.807, 2.05) is 5.32 Å². The first-order chi connectivity index (χ1) is 12.9. The minimum absolute atomic E-state index is 0.0522. The molecule has 8 heteroatoms. The minimum atomic E-state index is -0.881. The zero-order valence-corrected chi connectivity index (χ0v) is 14.2. The van der Waals surface area contributed by atoms with Crippen LogP contribution in [0.4, 0.5) is 14.9 Å². The van der Waals surface area contributed by atoms with E-state index in [9.17, 15) is 18.8 Å². The fraction of sp³-hybridized carbons (Fsp3) is 0.105. The zero-order chi connectivity index (χ0) is 19.4. The number of fused-ring (bicyclic) bond motifs is 1. The van der Waals surface area contributed by atoms with Crippen molar-refractivity contribution in [2.45, 2.75) is 6.92 Å². The summed E-state index contributed by atoms with van der Waals surface area (Å²) in [5.74, 6) is -1.06. The summed E-state index contributed by atoms with van der Waals surface area (Å²) in [5.41, 5.74) is 0.550. The fourth-order valence-electron chi connectivity index (χ4n) is 2.42. The fourth-order valence-corrected chi connectivity index (χ4v) is 2.42. The van der Waals surface area contributed by atoms with Crippen molar-refractivity contribution in [3.63, 3.8) is 0 Å². The number of anilines is 1. The van der Waals surface area contributed by atoms with E-state index in [1.165, 1.54) is 30.3 Å². The molecular weight excluding hydrogens is 355 g/mol. The predicted octanol–water partition coefficient (Wildman–Crippen LogP) is 2.97.